The third-order valence-electron chi connectivity index (χ3n) is 1.93. The fourth-order valence-electron chi connectivity index (χ4n) is 1.28. The van der Waals surface area contributed by atoms with E-state index >= 15 is 0 Å². The number of aliphatic carboxylic acids is 1. The Morgan fingerprint density at radius 3 is 2.80 bits per heavy atom. The first-order valence-corrected chi connectivity index (χ1v) is 4.28. The summed E-state index contributed by atoms with van der Waals surface area (Å²) in [5, 5.41) is 18.0. The number of aliphatic hydroxyl groups is 1. The van der Waals surface area contributed by atoms with Crippen LogP contribution < -0.4 is 4.74 Å². The summed E-state index contributed by atoms with van der Waals surface area (Å²) in [6.45, 7) is 0. The molecule has 1 rings (SSSR count). The smallest absolute Gasteiger partial charge is 0.306 e. The number of ether oxygens (including phenoxy) is 1. The Labute approximate surface area is 85.9 Å². The van der Waals surface area contributed by atoms with Gasteiger partial charge in [-0.2, -0.15) is 0 Å². The van der Waals surface area contributed by atoms with Crippen molar-refractivity contribution < 1.29 is 24.1 Å². The maximum Gasteiger partial charge on any atom is 0.306 e. The normalized spacial score (nSPS) is 12.2. The van der Waals surface area contributed by atoms with E-state index in [1.807, 2.05) is 0 Å². The zero-order valence-corrected chi connectivity index (χ0v) is 8.11. The number of rotatable bonds is 4. The Balaban J connectivity index is 3.02. The molecule has 4 nitrogen and oxygen atoms in total. The van der Waals surface area contributed by atoms with E-state index in [1.165, 1.54) is 25.3 Å². The van der Waals surface area contributed by atoms with Gasteiger partial charge in [0.05, 0.1) is 19.6 Å². The topological polar surface area (TPSA) is 66.8 Å². The van der Waals surface area contributed by atoms with Crippen LogP contribution in [0.25, 0.3) is 0 Å². The predicted molar refractivity (Wildman–Crippen MR) is 50.2 cm³/mol. The number of carboxylic acid groups (broad SMARTS) is 1. The lowest BCUT2D eigenvalue weighted by Crippen LogP contribution is -2.07. The van der Waals surface area contributed by atoms with Gasteiger partial charge in [-0.15, -0.1) is 0 Å². The third-order valence-corrected chi connectivity index (χ3v) is 1.93. The molecule has 0 aliphatic carbocycles. The number of benzene rings is 1. The molecule has 15 heavy (non-hydrogen) atoms. The van der Waals surface area contributed by atoms with Crippen LogP contribution >= 0.6 is 0 Å². The highest BCUT2D eigenvalue weighted by molar-refractivity contribution is 5.68. The van der Waals surface area contributed by atoms with E-state index in [1.54, 1.807) is 0 Å². The molecule has 0 saturated heterocycles. The minimum atomic E-state index is -1.27. The molecular formula is C10H11FO4. The maximum absolute atomic E-state index is 13.2. The van der Waals surface area contributed by atoms with E-state index in [-0.39, 0.29) is 11.3 Å². The monoisotopic (exact) mass is 214 g/mol. The van der Waals surface area contributed by atoms with Crippen molar-refractivity contribution in [1.29, 1.82) is 0 Å². The van der Waals surface area contributed by atoms with Crippen LogP contribution in [0.3, 0.4) is 0 Å². The number of methoxy groups -OCH3 is 1. The van der Waals surface area contributed by atoms with Gasteiger partial charge < -0.3 is 14.9 Å². The first kappa shape index (κ1) is 11.5. The number of halogens is 1. The summed E-state index contributed by atoms with van der Waals surface area (Å²) in [5.41, 5.74) is 0.139. The summed E-state index contributed by atoms with van der Waals surface area (Å²) in [6.07, 6.45) is -1.76. The van der Waals surface area contributed by atoms with Crippen LogP contribution in [0.5, 0.6) is 5.75 Å². The second-order valence-electron chi connectivity index (χ2n) is 2.98. The van der Waals surface area contributed by atoms with Gasteiger partial charge in [0.15, 0.2) is 11.6 Å². The molecule has 1 unspecified atom stereocenters. The van der Waals surface area contributed by atoms with Crippen LogP contribution in [0.4, 0.5) is 4.39 Å². The zero-order valence-electron chi connectivity index (χ0n) is 8.11. The van der Waals surface area contributed by atoms with Gasteiger partial charge in [0.2, 0.25) is 0 Å². The number of hydrogen-bond acceptors (Lipinski definition) is 3. The quantitative estimate of drug-likeness (QED) is 0.793. The van der Waals surface area contributed by atoms with Crippen LogP contribution in [0.15, 0.2) is 18.2 Å². The van der Waals surface area contributed by atoms with Crippen molar-refractivity contribution in [2.75, 3.05) is 7.11 Å². The third kappa shape index (κ3) is 2.66. The molecule has 1 atom stereocenters. The van der Waals surface area contributed by atoms with Crippen molar-refractivity contribution in [3.63, 3.8) is 0 Å². The highest BCUT2D eigenvalue weighted by Crippen LogP contribution is 2.29. The van der Waals surface area contributed by atoms with Crippen molar-refractivity contribution in [1.82, 2.24) is 0 Å². The van der Waals surface area contributed by atoms with Crippen LogP contribution in [0.2, 0.25) is 0 Å². The number of aliphatic hydroxyl groups excluding tert-OH is 1. The first-order valence-electron chi connectivity index (χ1n) is 4.28. The van der Waals surface area contributed by atoms with E-state index in [9.17, 15) is 14.3 Å². The lowest BCUT2D eigenvalue weighted by molar-refractivity contribution is -0.139. The summed E-state index contributed by atoms with van der Waals surface area (Å²) in [6, 6.07) is 3.99. The molecular weight excluding hydrogens is 203 g/mol. The molecule has 0 heterocycles. The van der Waals surface area contributed by atoms with E-state index < -0.39 is 24.3 Å². The summed E-state index contributed by atoms with van der Waals surface area (Å²) in [5.74, 6) is -1.90. The predicted octanol–water partition coefficient (Wildman–Crippen LogP) is 1.34. The maximum atomic E-state index is 13.2. The molecule has 0 aliphatic rings. The summed E-state index contributed by atoms with van der Waals surface area (Å²) in [7, 11) is 1.26. The van der Waals surface area contributed by atoms with Gasteiger partial charge in [0.25, 0.3) is 0 Å². The summed E-state index contributed by atoms with van der Waals surface area (Å²) in [4.78, 5) is 10.4. The number of carbonyl (C=O) groups is 1. The minimum absolute atomic E-state index is 0.119. The van der Waals surface area contributed by atoms with E-state index in [2.05, 4.69) is 0 Å². The minimum Gasteiger partial charge on any atom is -0.493 e. The lowest BCUT2D eigenvalue weighted by atomic mass is 10.1. The fraction of sp³-hybridized carbons (Fsp3) is 0.300. The van der Waals surface area contributed by atoms with Crippen LogP contribution in [-0.2, 0) is 4.79 Å². The summed E-state index contributed by atoms with van der Waals surface area (Å²) >= 11 is 0. The Kier molecular flexibility index (Phi) is 3.62. The lowest BCUT2D eigenvalue weighted by Gasteiger charge is -2.13. The van der Waals surface area contributed by atoms with E-state index in [4.69, 9.17) is 9.84 Å². The molecule has 0 saturated carbocycles. The molecule has 1 aromatic rings. The zero-order chi connectivity index (χ0) is 11.4. The van der Waals surface area contributed by atoms with Gasteiger partial charge >= 0.3 is 5.97 Å². The van der Waals surface area contributed by atoms with Gasteiger partial charge in [0, 0.05) is 5.56 Å². The molecule has 5 heteroatoms. The fourth-order valence-corrected chi connectivity index (χ4v) is 1.28. The van der Waals surface area contributed by atoms with E-state index in [0.717, 1.165) is 0 Å². The molecule has 2 N–H and O–H groups in total. The standard InChI is InChI=1S/C10H11FO4/c1-15-10-6(3-2-4-7(10)11)8(12)5-9(13)14/h2-4,8,12H,5H2,1H3,(H,13,14). The first-order chi connectivity index (χ1) is 7.06. The average molecular weight is 214 g/mol. The van der Waals surface area contributed by atoms with Gasteiger partial charge in [-0.05, 0) is 6.07 Å². The van der Waals surface area contributed by atoms with E-state index in [0.29, 0.717) is 0 Å². The van der Waals surface area contributed by atoms with Crippen LogP contribution in [0.1, 0.15) is 18.1 Å². The SMILES string of the molecule is COc1c(F)cccc1C(O)CC(=O)O. The molecule has 0 fully saturated rings. The summed E-state index contributed by atoms with van der Waals surface area (Å²) < 4.78 is 17.9. The molecule has 0 aliphatic heterocycles. The second-order valence-corrected chi connectivity index (χ2v) is 2.98. The van der Waals surface area contributed by atoms with Gasteiger partial charge in [-0.1, -0.05) is 12.1 Å². The number of hydrogen-bond donors (Lipinski definition) is 2. The van der Waals surface area contributed by atoms with Gasteiger partial charge in [0.1, 0.15) is 0 Å². The van der Waals surface area contributed by atoms with Crippen molar-refractivity contribution in [3.05, 3.63) is 29.6 Å². The molecule has 0 amide bonds. The Bertz CT molecular complexity index is 364. The molecule has 0 aromatic heterocycles. The van der Waals surface area contributed by atoms with Crippen molar-refractivity contribution in [3.8, 4) is 5.75 Å². The van der Waals surface area contributed by atoms with Crippen LogP contribution in [-0.4, -0.2) is 23.3 Å². The highest BCUT2D eigenvalue weighted by Gasteiger charge is 2.18. The Morgan fingerprint density at radius 1 is 1.60 bits per heavy atom. The molecule has 0 radical (unpaired) electrons. The molecule has 0 bridgehead atoms. The highest BCUT2D eigenvalue weighted by atomic mass is 19.1. The van der Waals surface area contributed by atoms with Gasteiger partial charge in [-0.3, -0.25) is 4.79 Å². The number of para-hydroxylation sites is 1. The van der Waals surface area contributed by atoms with Crippen molar-refractivity contribution in [2.45, 2.75) is 12.5 Å². The average Bonchev–Trinajstić information content (AvgIpc) is 2.16. The van der Waals surface area contributed by atoms with Crippen molar-refractivity contribution in [2.24, 2.45) is 0 Å². The largest absolute Gasteiger partial charge is 0.493 e. The van der Waals surface area contributed by atoms with Gasteiger partial charge in [-0.25, -0.2) is 4.39 Å². The second kappa shape index (κ2) is 4.75. The van der Waals surface area contributed by atoms with Crippen molar-refractivity contribution >= 4 is 5.97 Å². The molecule has 0 spiro atoms. The molecule has 82 valence electrons. The van der Waals surface area contributed by atoms with Crippen LogP contribution in [0, 0.1) is 5.82 Å². The molecule has 1 aromatic carbocycles. The Morgan fingerprint density at radius 2 is 2.27 bits per heavy atom. The Hall–Kier alpha value is -1.62. The number of carboxylic acids is 1.